The standard InChI is InChI=1S/C9H19F/c1-7(10)9(5,6)8(2,3)4/h7H,1-6H3. The van der Waals surface area contributed by atoms with E-state index in [-0.39, 0.29) is 10.8 Å². The van der Waals surface area contributed by atoms with E-state index in [0.717, 1.165) is 0 Å². The first kappa shape index (κ1) is 9.93. The van der Waals surface area contributed by atoms with Gasteiger partial charge in [-0.25, -0.2) is 4.39 Å². The van der Waals surface area contributed by atoms with Gasteiger partial charge in [-0.2, -0.15) is 0 Å². The average molecular weight is 146 g/mol. The van der Waals surface area contributed by atoms with Crippen molar-refractivity contribution in [1.29, 1.82) is 0 Å². The molecule has 0 bridgehead atoms. The minimum Gasteiger partial charge on any atom is -0.247 e. The normalized spacial score (nSPS) is 17.1. The van der Waals surface area contributed by atoms with Crippen molar-refractivity contribution in [2.45, 2.75) is 47.7 Å². The van der Waals surface area contributed by atoms with Crippen molar-refractivity contribution in [1.82, 2.24) is 0 Å². The van der Waals surface area contributed by atoms with Crippen LogP contribution in [0.25, 0.3) is 0 Å². The smallest absolute Gasteiger partial charge is 0.103 e. The fourth-order valence-electron chi connectivity index (χ4n) is 0.597. The van der Waals surface area contributed by atoms with Gasteiger partial charge in [0.15, 0.2) is 0 Å². The SMILES string of the molecule is CC(F)C(C)(C)C(C)(C)C. The Bertz CT molecular complexity index is 106. The summed E-state index contributed by atoms with van der Waals surface area (Å²) in [6.07, 6.45) is -0.743. The Morgan fingerprint density at radius 3 is 1.30 bits per heavy atom. The summed E-state index contributed by atoms with van der Waals surface area (Å²) in [6.45, 7) is 11.8. The highest BCUT2D eigenvalue weighted by Gasteiger charge is 2.37. The second-order valence-corrected chi connectivity index (χ2v) is 4.59. The first-order valence-corrected chi connectivity index (χ1v) is 3.83. The van der Waals surface area contributed by atoms with E-state index >= 15 is 0 Å². The van der Waals surface area contributed by atoms with Gasteiger partial charge < -0.3 is 0 Å². The molecule has 1 unspecified atom stereocenters. The molecule has 0 nitrogen and oxygen atoms in total. The van der Waals surface area contributed by atoms with Crippen molar-refractivity contribution in [3.05, 3.63) is 0 Å². The van der Waals surface area contributed by atoms with Gasteiger partial charge in [-0.1, -0.05) is 34.6 Å². The number of hydrogen-bond acceptors (Lipinski definition) is 0. The molecule has 0 aliphatic rings. The number of hydrogen-bond donors (Lipinski definition) is 0. The summed E-state index contributed by atoms with van der Waals surface area (Å²) >= 11 is 0. The van der Waals surface area contributed by atoms with E-state index in [1.807, 2.05) is 13.8 Å². The van der Waals surface area contributed by atoms with Gasteiger partial charge >= 0.3 is 0 Å². The predicted molar refractivity (Wildman–Crippen MR) is 43.8 cm³/mol. The van der Waals surface area contributed by atoms with Gasteiger partial charge in [0, 0.05) is 5.41 Å². The summed E-state index contributed by atoms with van der Waals surface area (Å²) in [4.78, 5) is 0. The summed E-state index contributed by atoms with van der Waals surface area (Å²) in [5, 5.41) is 0. The van der Waals surface area contributed by atoms with Crippen LogP contribution in [0.1, 0.15) is 41.5 Å². The molecule has 0 spiro atoms. The van der Waals surface area contributed by atoms with Crippen LogP contribution in [-0.2, 0) is 0 Å². The van der Waals surface area contributed by atoms with Gasteiger partial charge in [0.1, 0.15) is 6.17 Å². The number of rotatable bonds is 1. The molecule has 0 rings (SSSR count). The summed E-state index contributed by atoms with van der Waals surface area (Å²) in [5.74, 6) is 0. The third-order valence-corrected chi connectivity index (χ3v) is 2.93. The van der Waals surface area contributed by atoms with Crippen molar-refractivity contribution in [2.75, 3.05) is 0 Å². The van der Waals surface area contributed by atoms with Gasteiger partial charge in [-0.05, 0) is 12.3 Å². The van der Waals surface area contributed by atoms with Gasteiger partial charge in [-0.15, -0.1) is 0 Å². The topological polar surface area (TPSA) is 0 Å². The first-order chi connectivity index (χ1) is 4.19. The van der Waals surface area contributed by atoms with Crippen LogP contribution in [-0.4, -0.2) is 6.17 Å². The van der Waals surface area contributed by atoms with E-state index in [4.69, 9.17) is 0 Å². The van der Waals surface area contributed by atoms with Crippen molar-refractivity contribution in [3.8, 4) is 0 Å². The van der Waals surface area contributed by atoms with Crippen LogP contribution in [0.15, 0.2) is 0 Å². The van der Waals surface area contributed by atoms with Gasteiger partial charge in [0.2, 0.25) is 0 Å². The van der Waals surface area contributed by atoms with Crippen LogP contribution >= 0.6 is 0 Å². The Labute approximate surface area is 63.8 Å². The summed E-state index contributed by atoms with van der Waals surface area (Å²) in [6, 6.07) is 0. The van der Waals surface area contributed by atoms with Crippen molar-refractivity contribution in [2.24, 2.45) is 10.8 Å². The Morgan fingerprint density at radius 2 is 1.30 bits per heavy atom. The zero-order valence-electron chi connectivity index (χ0n) is 7.96. The van der Waals surface area contributed by atoms with E-state index in [0.29, 0.717) is 0 Å². The summed E-state index contributed by atoms with van der Waals surface area (Å²) in [5.41, 5.74) is -0.186. The molecule has 0 aromatic rings. The zero-order chi connectivity index (χ0) is 8.58. The van der Waals surface area contributed by atoms with Crippen molar-refractivity contribution >= 4 is 0 Å². The highest BCUT2D eigenvalue weighted by atomic mass is 19.1. The lowest BCUT2D eigenvalue weighted by molar-refractivity contribution is 0.0381. The maximum atomic E-state index is 13.0. The maximum Gasteiger partial charge on any atom is 0.103 e. The molecule has 0 aromatic heterocycles. The van der Waals surface area contributed by atoms with E-state index in [1.54, 1.807) is 6.92 Å². The third kappa shape index (κ3) is 1.71. The van der Waals surface area contributed by atoms with E-state index in [1.165, 1.54) is 0 Å². The molecule has 0 aromatic carbocycles. The lowest BCUT2D eigenvalue weighted by Gasteiger charge is -2.40. The van der Waals surface area contributed by atoms with Gasteiger partial charge in [0.05, 0.1) is 0 Å². The fourth-order valence-corrected chi connectivity index (χ4v) is 0.597. The van der Waals surface area contributed by atoms with E-state index < -0.39 is 6.17 Å². The lowest BCUT2D eigenvalue weighted by atomic mass is 9.67. The van der Waals surface area contributed by atoms with Crippen LogP contribution < -0.4 is 0 Å². The molecule has 0 saturated carbocycles. The van der Waals surface area contributed by atoms with Crippen LogP contribution in [0.3, 0.4) is 0 Å². The lowest BCUT2D eigenvalue weighted by Crippen LogP contribution is -2.36. The minimum atomic E-state index is -0.743. The van der Waals surface area contributed by atoms with E-state index in [2.05, 4.69) is 20.8 Å². The average Bonchev–Trinajstić information content (AvgIpc) is 1.62. The second kappa shape index (κ2) is 2.52. The van der Waals surface area contributed by atoms with Crippen molar-refractivity contribution in [3.63, 3.8) is 0 Å². The molecule has 0 radical (unpaired) electrons. The summed E-state index contributed by atoms with van der Waals surface area (Å²) in [7, 11) is 0. The predicted octanol–water partition coefficient (Wildman–Crippen LogP) is 3.42. The van der Waals surface area contributed by atoms with Crippen LogP contribution in [0, 0.1) is 10.8 Å². The van der Waals surface area contributed by atoms with Gasteiger partial charge in [-0.3, -0.25) is 0 Å². The molecular weight excluding hydrogens is 127 g/mol. The van der Waals surface area contributed by atoms with E-state index in [9.17, 15) is 4.39 Å². The number of halogens is 1. The monoisotopic (exact) mass is 146 g/mol. The largest absolute Gasteiger partial charge is 0.247 e. The highest BCUT2D eigenvalue weighted by molar-refractivity contribution is 4.86. The minimum absolute atomic E-state index is 0.0428. The Balaban J connectivity index is 4.40. The molecule has 10 heavy (non-hydrogen) atoms. The second-order valence-electron chi connectivity index (χ2n) is 4.59. The molecule has 1 heteroatoms. The third-order valence-electron chi connectivity index (χ3n) is 2.93. The molecule has 0 saturated heterocycles. The molecule has 0 amide bonds. The van der Waals surface area contributed by atoms with Crippen LogP contribution in [0.4, 0.5) is 4.39 Å². The molecule has 0 aliphatic heterocycles. The molecule has 1 atom stereocenters. The fraction of sp³-hybridized carbons (Fsp3) is 1.00. The molecule has 0 N–H and O–H groups in total. The molecule has 0 aliphatic carbocycles. The van der Waals surface area contributed by atoms with Crippen LogP contribution in [0.5, 0.6) is 0 Å². The molecule has 0 heterocycles. The van der Waals surface area contributed by atoms with Crippen molar-refractivity contribution < 1.29 is 4.39 Å². The molecule has 62 valence electrons. The Hall–Kier alpha value is -0.0700. The first-order valence-electron chi connectivity index (χ1n) is 3.83. The highest BCUT2D eigenvalue weighted by Crippen LogP contribution is 2.41. The Morgan fingerprint density at radius 1 is 1.00 bits per heavy atom. The number of alkyl halides is 1. The zero-order valence-corrected chi connectivity index (χ0v) is 7.96. The van der Waals surface area contributed by atoms with Crippen LogP contribution in [0.2, 0.25) is 0 Å². The van der Waals surface area contributed by atoms with Gasteiger partial charge in [0.25, 0.3) is 0 Å². The molecule has 0 fully saturated rings. The Kier molecular flexibility index (Phi) is 2.50. The molecular formula is C9H19F. The maximum absolute atomic E-state index is 13.0. The quantitative estimate of drug-likeness (QED) is 0.531. The summed E-state index contributed by atoms with van der Waals surface area (Å²) < 4.78 is 13.0.